The Morgan fingerprint density at radius 3 is 2.58 bits per heavy atom. The third-order valence-electron chi connectivity index (χ3n) is 5.54. The van der Waals surface area contributed by atoms with Crippen LogP contribution in [-0.2, 0) is 27.9 Å². The van der Waals surface area contributed by atoms with Crippen molar-refractivity contribution in [3.63, 3.8) is 0 Å². The molecule has 18 nitrogen and oxygen atoms in total. The fourth-order valence-corrected chi connectivity index (χ4v) is 4.64. The van der Waals surface area contributed by atoms with Crippen LogP contribution in [0.5, 0.6) is 0 Å². The minimum atomic E-state index is -5.45. The van der Waals surface area contributed by atoms with Gasteiger partial charge in [-0.1, -0.05) is 0 Å². The fraction of sp³-hybridized carbons (Fsp3) is 0.706. The molecule has 0 spiro atoms. The van der Waals surface area contributed by atoms with E-state index in [1.807, 2.05) is 0 Å². The van der Waals surface area contributed by atoms with Crippen LogP contribution in [0.1, 0.15) is 12.6 Å². The van der Waals surface area contributed by atoms with Crippen LogP contribution in [0.15, 0.2) is 17.1 Å². The number of nitrogens with two attached hydrogens (primary N) is 1. The molecule has 2 aliphatic rings. The predicted octanol–water partition coefficient (Wildman–Crippen LogP) is -6.11. The predicted molar refractivity (Wildman–Crippen MR) is 108 cm³/mol. The van der Waals surface area contributed by atoms with Crippen LogP contribution in [0.25, 0.3) is 0 Å². The van der Waals surface area contributed by atoms with E-state index in [-0.39, 0.29) is 5.82 Å². The lowest BCUT2D eigenvalue weighted by molar-refractivity contribution is -0.374. The molecule has 19 heteroatoms. The van der Waals surface area contributed by atoms with Crippen LogP contribution in [0, 0.1) is 0 Å². The van der Waals surface area contributed by atoms with Gasteiger partial charge in [0.1, 0.15) is 48.4 Å². The monoisotopic (exact) mass is 542 g/mol. The van der Waals surface area contributed by atoms with Crippen LogP contribution in [0.3, 0.4) is 0 Å². The van der Waals surface area contributed by atoms with Gasteiger partial charge in [0.25, 0.3) is 0 Å². The standard InChI is InChI=1S/C17H26N3O15P/c18-9-1-2-20(16(29)19-9)14-12(26)11(25)8(33-14)5-32-36(30,31)35-17(15(27)28)3-6(22)10(24)13(34-17)7(23)4-21/h1-2,6-8,10-14,21-26H,3-5H2,(H,27,28)(H,30,31)(H2,18,19,29)/p-1/t6-,7-,8-,10-,11-,12-,13-,14-,17+/m1/s1. The van der Waals surface area contributed by atoms with Crippen molar-refractivity contribution in [1.29, 1.82) is 0 Å². The summed E-state index contributed by atoms with van der Waals surface area (Å²) in [6.45, 7) is -2.03. The molecule has 1 aromatic heterocycles. The van der Waals surface area contributed by atoms with Crippen molar-refractivity contribution in [1.82, 2.24) is 9.55 Å². The molecule has 36 heavy (non-hydrogen) atoms. The highest BCUT2D eigenvalue weighted by molar-refractivity contribution is 7.47. The van der Waals surface area contributed by atoms with E-state index in [9.17, 15) is 49.7 Å². The second-order valence-electron chi connectivity index (χ2n) is 8.08. The Bertz CT molecular complexity index is 1060. The number of carbonyl (C=O) groups is 1. The Morgan fingerprint density at radius 1 is 1.33 bits per heavy atom. The fourth-order valence-electron chi connectivity index (χ4n) is 3.69. The average Bonchev–Trinajstić information content (AvgIpc) is 3.07. The first kappa shape index (κ1) is 28.5. The average molecular weight is 542 g/mol. The lowest BCUT2D eigenvalue weighted by atomic mass is 9.93. The van der Waals surface area contributed by atoms with Gasteiger partial charge in [-0.15, -0.1) is 0 Å². The summed E-state index contributed by atoms with van der Waals surface area (Å²) in [7, 11) is -5.45. The first-order valence-electron chi connectivity index (χ1n) is 10.3. The zero-order valence-electron chi connectivity index (χ0n) is 18.2. The first-order valence-corrected chi connectivity index (χ1v) is 11.8. The summed E-state index contributed by atoms with van der Waals surface area (Å²) in [6.07, 6.45) is -14.3. The number of aliphatic hydroxyl groups is 6. The quantitative estimate of drug-likeness (QED) is 0.135. The molecular weight excluding hydrogens is 517 g/mol. The van der Waals surface area contributed by atoms with Crippen molar-refractivity contribution in [3.05, 3.63) is 22.7 Å². The van der Waals surface area contributed by atoms with Crippen molar-refractivity contribution in [2.75, 3.05) is 18.9 Å². The molecule has 2 aliphatic heterocycles. The van der Waals surface area contributed by atoms with Crippen LogP contribution in [-0.4, -0.2) is 113 Å². The van der Waals surface area contributed by atoms with E-state index in [1.165, 1.54) is 6.07 Å². The van der Waals surface area contributed by atoms with Gasteiger partial charge in [0.15, 0.2) is 6.23 Å². The number of ether oxygens (including phenoxy) is 2. The Kier molecular flexibility index (Phi) is 8.50. The molecule has 0 saturated carbocycles. The minimum Gasteiger partial charge on any atom is -0.544 e. The Balaban J connectivity index is 1.73. The van der Waals surface area contributed by atoms with Crippen molar-refractivity contribution < 1.29 is 68.5 Å². The zero-order chi connectivity index (χ0) is 27.0. The molecule has 10 atom stereocenters. The molecule has 0 radical (unpaired) electrons. The van der Waals surface area contributed by atoms with E-state index >= 15 is 0 Å². The van der Waals surface area contributed by atoms with E-state index in [1.54, 1.807) is 0 Å². The number of carboxylic acids is 1. The van der Waals surface area contributed by atoms with Gasteiger partial charge in [0.05, 0.1) is 19.3 Å². The number of carbonyl (C=O) groups excluding carboxylic acids is 1. The summed E-state index contributed by atoms with van der Waals surface area (Å²) in [4.78, 5) is 37.3. The number of hydrogen-bond donors (Lipinski definition) is 8. The Morgan fingerprint density at radius 2 is 2.00 bits per heavy atom. The van der Waals surface area contributed by atoms with Crippen LogP contribution < -0.4 is 16.5 Å². The number of anilines is 1. The van der Waals surface area contributed by atoms with E-state index in [0.717, 1.165) is 10.8 Å². The number of nitrogen functional groups attached to an aromatic ring is 1. The summed E-state index contributed by atoms with van der Waals surface area (Å²) in [5.41, 5.74) is 4.45. The summed E-state index contributed by atoms with van der Waals surface area (Å²) in [6, 6.07) is 1.21. The normalized spacial score (nSPS) is 37.4. The summed E-state index contributed by atoms with van der Waals surface area (Å²) >= 11 is 0. The second-order valence-corrected chi connectivity index (χ2v) is 9.46. The molecular formula is C17H25N3O15P-. The Labute approximate surface area is 201 Å². The number of phosphoric ester groups is 1. The largest absolute Gasteiger partial charge is 0.544 e. The summed E-state index contributed by atoms with van der Waals surface area (Å²) in [5, 5.41) is 70.9. The van der Waals surface area contributed by atoms with E-state index in [2.05, 4.69) is 14.0 Å². The molecule has 0 aliphatic carbocycles. The number of rotatable bonds is 9. The minimum absolute atomic E-state index is 0.124. The van der Waals surface area contributed by atoms with Crippen molar-refractivity contribution in [2.24, 2.45) is 0 Å². The maximum atomic E-state index is 12.5. The van der Waals surface area contributed by atoms with Gasteiger partial charge in [0, 0.05) is 12.6 Å². The molecule has 0 amide bonds. The maximum absolute atomic E-state index is 12.5. The zero-order valence-corrected chi connectivity index (χ0v) is 19.1. The number of aliphatic carboxylic acids is 1. The van der Waals surface area contributed by atoms with Gasteiger partial charge in [-0.3, -0.25) is 9.09 Å². The van der Waals surface area contributed by atoms with Crippen LogP contribution in [0.4, 0.5) is 5.82 Å². The number of nitrogens with zero attached hydrogens (tertiary/aromatic N) is 2. The Hall–Kier alpha value is -2.06. The molecule has 204 valence electrons. The lowest BCUT2D eigenvalue weighted by Gasteiger charge is -2.46. The number of aliphatic hydroxyl groups excluding tert-OH is 6. The molecule has 1 aromatic rings. The molecule has 3 heterocycles. The smallest absolute Gasteiger partial charge is 0.475 e. The van der Waals surface area contributed by atoms with Gasteiger partial charge in [-0.05, 0) is 6.07 Å². The highest BCUT2D eigenvalue weighted by Gasteiger charge is 2.54. The van der Waals surface area contributed by atoms with E-state index in [0.29, 0.717) is 0 Å². The third kappa shape index (κ3) is 5.75. The third-order valence-corrected chi connectivity index (χ3v) is 6.54. The number of aromatic nitrogens is 2. The van der Waals surface area contributed by atoms with Gasteiger partial charge in [0.2, 0.25) is 5.79 Å². The summed E-state index contributed by atoms with van der Waals surface area (Å²) < 4.78 is 32.8. The second kappa shape index (κ2) is 10.7. The number of phosphoric acid groups is 1. The molecule has 1 unspecified atom stereocenters. The molecule has 9 N–H and O–H groups in total. The van der Waals surface area contributed by atoms with Gasteiger partial charge >= 0.3 is 13.5 Å². The molecule has 0 bridgehead atoms. The molecule has 2 fully saturated rings. The van der Waals surface area contributed by atoms with Crippen molar-refractivity contribution >= 4 is 19.6 Å². The highest BCUT2D eigenvalue weighted by Crippen LogP contribution is 2.51. The van der Waals surface area contributed by atoms with E-state index in [4.69, 9.17) is 20.3 Å². The van der Waals surface area contributed by atoms with Crippen LogP contribution >= 0.6 is 7.82 Å². The van der Waals surface area contributed by atoms with Gasteiger partial charge in [-0.25, -0.2) is 13.9 Å². The number of carboxylic acid groups (broad SMARTS) is 1. The van der Waals surface area contributed by atoms with E-state index < -0.39 is 93.9 Å². The SMILES string of the molecule is Nc1ccn([C@@H]2O[C@H](COP(=O)(O)O[C@]3(C(=O)[O-])C[C@@H](O)[C@@H](O)[C@@H]([C@H](O)CO)O3)[C@@H](O)[C@H]2O)c(=O)n1. The van der Waals surface area contributed by atoms with Gasteiger partial charge < -0.3 is 60.6 Å². The molecule has 0 aromatic carbocycles. The van der Waals surface area contributed by atoms with Gasteiger partial charge in [-0.2, -0.15) is 4.98 Å². The van der Waals surface area contributed by atoms with Crippen molar-refractivity contribution in [3.8, 4) is 0 Å². The maximum Gasteiger partial charge on any atom is 0.475 e. The van der Waals surface area contributed by atoms with Crippen LogP contribution in [0.2, 0.25) is 0 Å². The topological polar surface area (TPSA) is 297 Å². The van der Waals surface area contributed by atoms with Crippen molar-refractivity contribution in [2.45, 2.75) is 61.2 Å². The molecule has 3 rings (SSSR count). The lowest BCUT2D eigenvalue weighted by Crippen LogP contribution is -2.65. The highest BCUT2D eigenvalue weighted by atomic mass is 31.2. The summed E-state index contributed by atoms with van der Waals surface area (Å²) in [5.74, 6) is -5.63. The number of hydrogen-bond acceptors (Lipinski definition) is 16. The molecule has 2 saturated heterocycles. The first-order chi connectivity index (χ1) is 16.7.